The molecule has 8 heteroatoms. The van der Waals surface area contributed by atoms with Crippen LogP contribution in [0.5, 0.6) is 0 Å². The van der Waals surface area contributed by atoms with Gasteiger partial charge in [-0.1, -0.05) is 29.8 Å². The predicted molar refractivity (Wildman–Crippen MR) is 106 cm³/mol. The maximum atomic E-state index is 12.1. The van der Waals surface area contributed by atoms with E-state index >= 15 is 0 Å². The summed E-state index contributed by atoms with van der Waals surface area (Å²) < 4.78 is 4.68. The van der Waals surface area contributed by atoms with E-state index in [4.69, 9.17) is 11.6 Å². The summed E-state index contributed by atoms with van der Waals surface area (Å²) in [6.45, 7) is 3.10. The second kappa shape index (κ2) is 8.01. The Hall–Kier alpha value is -1.87. The molecule has 0 atom stereocenters. The Labute approximate surface area is 164 Å². The number of carbonyl (C=O) groups is 1. The highest BCUT2D eigenvalue weighted by molar-refractivity contribution is 14.1. The number of halogens is 2. The minimum absolute atomic E-state index is 0.0674. The molecular weight excluding hydrogens is 453 g/mol. The first kappa shape index (κ1) is 17.9. The van der Waals surface area contributed by atoms with Gasteiger partial charge in [0.05, 0.1) is 34.7 Å². The number of hydrogen-bond acceptors (Lipinski definition) is 3. The van der Waals surface area contributed by atoms with E-state index < -0.39 is 0 Å². The van der Waals surface area contributed by atoms with Crippen molar-refractivity contribution in [2.24, 2.45) is 0 Å². The lowest BCUT2D eigenvalue weighted by Crippen LogP contribution is -2.15. The van der Waals surface area contributed by atoms with Crippen molar-refractivity contribution in [3.8, 4) is 0 Å². The van der Waals surface area contributed by atoms with Gasteiger partial charge in [0.15, 0.2) is 0 Å². The van der Waals surface area contributed by atoms with Crippen LogP contribution in [-0.4, -0.2) is 25.5 Å². The van der Waals surface area contributed by atoms with Gasteiger partial charge in [-0.05, 0) is 41.1 Å². The fraction of sp³-hybridized carbons (Fsp3) is 0.235. The minimum Gasteiger partial charge on any atom is -0.323 e. The van der Waals surface area contributed by atoms with Gasteiger partial charge in [-0.15, -0.1) is 0 Å². The summed E-state index contributed by atoms with van der Waals surface area (Å²) in [5.74, 6) is -0.0674. The summed E-state index contributed by atoms with van der Waals surface area (Å²) in [4.78, 5) is 12.1. The molecule has 0 fully saturated rings. The SMILES string of the molecule is Cc1c(I)cnn1CCC(=O)Nc1cnn(Cc2ccccc2Cl)c1. The molecule has 0 aliphatic heterocycles. The average molecular weight is 470 g/mol. The number of nitrogens with zero attached hydrogens (tertiary/aromatic N) is 4. The van der Waals surface area contributed by atoms with Gasteiger partial charge < -0.3 is 5.32 Å². The standard InChI is InChI=1S/C17H17ClIN5O/c1-12-16(19)9-21-24(12)7-6-17(25)22-14-8-20-23(11-14)10-13-4-2-3-5-15(13)18/h2-5,8-9,11H,6-7,10H2,1H3,(H,22,25). The van der Waals surface area contributed by atoms with Gasteiger partial charge in [-0.25, -0.2) is 0 Å². The Morgan fingerprint density at radius 2 is 2.08 bits per heavy atom. The molecule has 0 radical (unpaired) electrons. The summed E-state index contributed by atoms with van der Waals surface area (Å²) in [6.07, 6.45) is 5.58. The van der Waals surface area contributed by atoms with Gasteiger partial charge in [0.2, 0.25) is 5.91 Å². The molecule has 130 valence electrons. The number of rotatable bonds is 6. The second-order valence-electron chi connectivity index (χ2n) is 5.62. The molecular formula is C17H17ClIN5O. The molecule has 3 rings (SSSR count). The maximum Gasteiger partial charge on any atom is 0.226 e. The molecule has 25 heavy (non-hydrogen) atoms. The molecule has 2 aromatic heterocycles. The van der Waals surface area contributed by atoms with Crippen molar-refractivity contribution >= 4 is 45.8 Å². The third-order valence-corrected chi connectivity index (χ3v) is 5.23. The van der Waals surface area contributed by atoms with E-state index in [-0.39, 0.29) is 5.91 Å². The van der Waals surface area contributed by atoms with E-state index in [1.807, 2.05) is 35.9 Å². The smallest absolute Gasteiger partial charge is 0.226 e. The Morgan fingerprint density at radius 1 is 1.28 bits per heavy atom. The third kappa shape index (κ3) is 4.60. The highest BCUT2D eigenvalue weighted by Gasteiger charge is 2.09. The molecule has 2 heterocycles. The largest absolute Gasteiger partial charge is 0.323 e. The molecule has 0 aliphatic carbocycles. The number of hydrogen-bond donors (Lipinski definition) is 1. The fourth-order valence-corrected chi connectivity index (χ4v) is 2.99. The van der Waals surface area contributed by atoms with E-state index in [1.54, 1.807) is 23.3 Å². The Morgan fingerprint density at radius 3 is 2.80 bits per heavy atom. The van der Waals surface area contributed by atoms with Gasteiger partial charge in [0.1, 0.15) is 0 Å². The van der Waals surface area contributed by atoms with E-state index in [9.17, 15) is 4.79 Å². The fourth-order valence-electron chi connectivity index (χ4n) is 2.40. The van der Waals surface area contributed by atoms with Gasteiger partial charge >= 0.3 is 0 Å². The summed E-state index contributed by atoms with van der Waals surface area (Å²) in [5, 5.41) is 12.1. The van der Waals surface area contributed by atoms with Crippen molar-refractivity contribution in [1.29, 1.82) is 0 Å². The van der Waals surface area contributed by atoms with Crippen molar-refractivity contribution in [2.75, 3.05) is 5.32 Å². The summed E-state index contributed by atoms with van der Waals surface area (Å²) >= 11 is 8.39. The number of anilines is 1. The lowest BCUT2D eigenvalue weighted by Gasteiger charge is -2.05. The topological polar surface area (TPSA) is 64.7 Å². The predicted octanol–water partition coefficient (Wildman–Crippen LogP) is 3.72. The Bertz CT molecular complexity index is 889. The molecule has 1 N–H and O–H groups in total. The van der Waals surface area contributed by atoms with Gasteiger partial charge in [0, 0.05) is 23.3 Å². The van der Waals surface area contributed by atoms with Crippen LogP contribution in [0.4, 0.5) is 5.69 Å². The van der Waals surface area contributed by atoms with Crippen molar-refractivity contribution in [3.63, 3.8) is 0 Å². The van der Waals surface area contributed by atoms with Crippen molar-refractivity contribution < 1.29 is 4.79 Å². The number of nitrogens with one attached hydrogen (secondary N) is 1. The number of benzene rings is 1. The monoisotopic (exact) mass is 469 g/mol. The van der Waals surface area contributed by atoms with Gasteiger partial charge in [0.25, 0.3) is 0 Å². The molecule has 0 unspecified atom stereocenters. The second-order valence-corrected chi connectivity index (χ2v) is 7.19. The van der Waals surface area contributed by atoms with Crippen LogP contribution in [0.2, 0.25) is 5.02 Å². The minimum atomic E-state index is -0.0674. The van der Waals surface area contributed by atoms with Crippen LogP contribution in [0.15, 0.2) is 42.9 Å². The van der Waals surface area contributed by atoms with Gasteiger partial charge in [-0.2, -0.15) is 10.2 Å². The maximum absolute atomic E-state index is 12.1. The summed E-state index contributed by atoms with van der Waals surface area (Å²) in [7, 11) is 0. The van der Waals surface area contributed by atoms with Crippen LogP contribution in [0.25, 0.3) is 0 Å². The molecule has 0 aliphatic rings. The van der Waals surface area contributed by atoms with Crippen LogP contribution < -0.4 is 5.32 Å². The zero-order valence-electron chi connectivity index (χ0n) is 13.6. The number of aryl methyl sites for hydroxylation is 1. The van der Waals surface area contributed by atoms with Crippen LogP contribution in [0.3, 0.4) is 0 Å². The normalized spacial score (nSPS) is 10.8. The first-order valence-electron chi connectivity index (χ1n) is 7.76. The number of aromatic nitrogens is 4. The Balaban J connectivity index is 1.55. The summed E-state index contributed by atoms with van der Waals surface area (Å²) in [5.41, 5.74) is 2.72. The molecule has 3 aromatic rings. The van der Waals surface area contributed by atoms with E-state index in [2.05, 4.69) is 38.1 Å². The van der Waals surface area contributed by atoms with Crippen LogP contribution >= 0.6 is 34.2 Å². The van der Waals surface area contributed by atoms with Crippen molar-refractivity contribution in [3.05, 3.63) is 62.7 Å². The van der Waals surface area contributed by atoms with Crippen molar-refractivity contribution in [2.45, 2.75) is 26.4 Å². The van der Waals surface area contributed by atoms with E-state index in [0.717, 1.165) is 14.8 Å². The van der Waals surface area contributed by atoms with E-state index in [1.165, 1.54) is 0 Å². The third-order valence-electron chi connectivity index (χ3n) is 3.80. The number of amides is 1. The number of carbonyl (C=O) groups excluding carboxylic acids is 1. The first-order valence-corrected chi connectivity index (χ1v) is 9.22. The quantitative estimate of drug-likeness (QED) is 0.560. The lowest BCUT2D eigenvalue weighted by atomic mass is 10.2. The first-order chi connectivity index (χ1) is 12.0. The highest BCUT2D eigenvalue weighted by Crippen LogP contribution is 2.17. The zero-order chi connectivity index (χ0) is 17.8. The van der Waals surface area contributed by atoms with Crippen molar-refractivity contribution in [1.82, 2.24) is 19.6 Å². The molecule has 0 bridgehead atoms. The lowest BCUT2D eigenvalue weighted by molar-refractivity contribution is -0.116. The average Bonchev–Trinajstić information content (AvgIpc) is 3.15. The summed E-state index contributed by atoms with van der Waals surface area (Å²) in [6, 6.07) is 7.63. The van der Waals surface area contributed by atoms with Gasteiger partial charge in [-0.3, -0.25) is 14.2 Å². The molecule has 0 saturated carbocycles. The molecule has 0 spiro atoms. The van der Waals surface area contributed by atoms with E-state index in [0.29, 0.717) is 30.2 Å². The van der Waals surface area contributed by atoms with Crippen LogP contribution in [-0.2, 0) is 17.9 Å². The zero-order valence-corrected chi connectivity index (χ0v) is 16.5. The van der Waals surface area contributed by atoms with Crippen LogP contribution in [0, 0.1) is 10.5 Å². The molecule has 6 nitrogen and oxygen atoms in total. The molecule has 1 amide bonds. The Kier molecular flexibility index (Phi) is 5.74. The molecule has 0 saturated heterocycles. The van der Waals surface area contributed by atoms with Crippen LogP contribution in [0.1, 0.15) is 17.7 Å². The molecule has 1 aromatic carbocycles. The highest BCUT2D eigenvalue weighted by atomic mass is 127.